The minimum absolute atomic E-state index is 0.0640. The topological polar surface area (TPSA) is 90.1 Å². The smallest absolute Gasteiger partial charge is 0.338 e. The van der Waals surface area contributed by atoms with Gasteiger partial charge in [-0.15, -0.1) is 0 Å². The molecule has 34 heavy (non-hydrogen) atoms. The van der Waals surface area contributed by atoms with Gasteiger partial charge < -0.3 is 14.6 Å². The molecule has 1 N–H and O–H groups in total. The molecule has 0 bridgehead atoms. The molecule has 0 amide bonds. The molecule has 4 rings (SSSR count). The van der Waals surface area contributed by atoms with E-state index < -0.39 is 12.0 Å². The third-order valence-corrected chi connectivity index (χ3v) is 7.76. The van der Waals surface area contributed by atoms with Gasteiger partial charge in [0.15, 0.2) is 4.80 Å². The van der Waals surface area contributed by atoms with Crippen LogP contribution < -0.4 is 19.6 Å². The number of carbonyl (C=O) groups is 1. The van der Waals surface area contributed by atoms with Gasteiger partial charge in [0.1, 0.15) is 17.5 Å². The van der Waals surface area contributed by atoms with Gasteiger partial charge in [-0.2, -0.15) is 0 Å². The summed E-state index contributed by atoms with van der Waals surface area (Å²) in [6, 6.07) is 7.63. The molecule has 0 aliphatic carbocycles. The molecule has 0 saturated carbocycles. The van der Waals surface area contributed by atoms with Crippen LogP contribution in [-0.2, 0) is 9.53 Å². The molecular formula is C23H17BrClIN2O5S. The van der Waals surface area contributed by atoms with Crippen molar-refractivity contribution < 1.29 is 19.4 Å². The fraction of sp³-hybridized carbons (Fsp3) is 0.174. The van der Waals surface area contributed by atoms with Crippen LogP contribution in [0.1, 0.15) is 24.1 Å². The maximum Gasteiger partial charge on any atom is 0.338 e. The molecule has 0 radical (unpaired) electrons. The molecule has 2 heterocycles. The van der Waals surface area contributed by atoms with E-state index in [1.807, 2.05) is 22.6 Å². The molecule has 0 fully saturated rings. The Labute approximate surface area is 225 Å². The average molecular weight is 676 g/mol. The molecule has 0 saturated heterocycles. The van der Waals surface area contributed by atoms with E-state index in [4.69, 9.17) is 21.1 Å². The number of rotatable bonds is 4. The van der Waals surface area contributed by atoms with Crippen LogP contribution in [0.4, 0.5) is 0 Å². The van der Waals surface area contributed by atoms with Crippen LogP contribution in [0, 0.1) is 3.57 Å². The third-order valence-electron chi connectivity index (χ3n) is 5.26. The van der Waals surface area contributed by atoms with E-state index in [1.54, 1.807) is 43.3 Å². The Morgan fingerprint density at radius 3 is 2.74 bits per heavy atom. The molecule has 3 aromatic rings. The minimum atomic E-state index is -0.865. The highest BCUT2D eigenvalue weighted by Crippen LogP contribution is 2.37. The lowest BCUT2D eigenvalue weighted by atomic mass is 9.95. The summed E-state index contributed by atoms with van der Waals surface area (Å²) >= 11 is 12.9. The first-order valence-electron chi connectivity index (χ1n) is 9.78. The number of carbonyl (C=O) groups excluding carboxylic acids is 1. The molecule has 1 atom stereocenters. The molecule has 1 aliphatic heterocycles. The number of fused-ring (bicyclic) bond motifs is 1. The zero-order valence-electron chi connectivity index (χ0n) is 18.1. The van der Waals surface area contributed by atoms with Crippen molar-refractivity contribution in [2.45, 2.75) is 13.0 Å². The van der Waals surface area contributed by atoms with Crippen molar-refractivity contribution in [2.75, 3.05) is 14.2 Å². The monoisotopic (exact) mass is 674 g/mol. The quantitative estimate of drug-likeness (QED) is 0.332. The number of aromatic hydroxyl groups is 1. The van der Waals surface area contributed by atoms with Crippen LogP contribution in [0.25, 0.3) is 6.08 Å². The van der Waals surface area contributed by atoms with Gasteiger partial charge in [0.25, 0.3) is 5.56 Å². The summed E-state index contributed by atoms with van der Waals surface area (Å²) in [5.41, 5.74) is 1.26. The third kappa shape index (κ3) is 4.43. The van der Waals surface area contributed by atoms with Gasteiger partial charge in [0.2, 0.25) is 0 Å². The number of benzene rings is 2. The SMILES string of the molecule is COC(=O)C1=C(C)N=c2s/c(=C\c3cc(Br)cc(I)c3O)c(=O)n2[C@H]1c1cc(Cl)ccc1OC. The number of hydrogen-bond acceptors (Lipinski definition) is 7. The molecule has 7 nitrogen and oxygen atoms in total. The Balaban J connectivity index is 2.05. The van der Waals surface area contributed by atoms with Crippen molar-refractivity contribution in [1.82, 2.24) is 4.57 Å². The fourth-order valence-electron chi connectivity index (χ4n) is 3.74. The number of esters is 1. The normalized spacial score (nSPS) is 15.7. The van der Waals surface area contributed by atoms with E-state index >= 15 is 0 Å². The lowest BCUT2D eigenvalue weighted by Crippen LogP contribution is -2.40. The van der Waals surface area contributed by atoms with Crippen molar-refractivity contribution in [3.63, 3.8) is 0 Å². The number of nitrogens with zero attached hydrogens (tertiary/aromatic N) is 2. The minimum Gasteiger partial charge on any atom is -0.506 e. The Bertz CT molecular complexity index is 1550. The number of phenols is 1. The van der Waals surface area contributed by atoms with E-state index in [2.05, 4.69) is 20.9 Å². The number of hydrogen-bond donors (Lipinski definition) is 1. The maximum atomic E-state index is 13.7. The molecule has 1 aliphatic rings. The Kier molecular flexibility index (Phi) is 7.22. The highest BCUT2D eigenvalue weighted by Gasteiger charge is 2.35. The lowest BCUT2D eigenvalue weighted by Gasteiger charge is -2.25. The van der Waals surface area contributed by atoms with Gasteiger partial charge in [-0.3, -0.25) is 9.36 Å². The number of aromatic nitrogens is 1. The highest BCUT2D eigenvalue weighted by molar-refractivity contribution is 14.1. The summed E-state index contributed by atoms with van der Waals surface area (Å²) in [5, 5.41) is 10.9. The van der Waals surface area contributed by atoms with E-state index in [0.29, 0.717) is 40.5 Å². The number of phenolic OH excluding ortho intramolecular Hbond substituents is 1. The summed E-state index contributed by atoms with van der Waals surface area (Å²) in [5.74, 6) is -0.0878. The maximum absolute atomic E-state index is 13.7. The van der Waals surface area contributed by atoms with E-state index in [0.717, 1.165) is 15.8 Å². The van der Waals surface area contributed by atoms with Crippen molar-refractivity contribution in [3.8, 4) is 11.5 Å². The first-order chi connectivity index (χ1) is 16.2. The largest absolute Gasteiger partial charge is 0.506 e. The predicted octanol–water partition coefficient (Wildman–Crippen LogP) is 4.14. The predicted molar refractivity (Wildman–Crippen MR) is 142 cm³/mol. The Morgan fingerprint density at radius 1 is 1.32 bits per heavy atom. The number of ether oxygens (including phenoxy) is 2. The Morgan fingerprint density at radius 2 is 2.06 bits per heavy atom. The van der Waals surface area contributed by atoms with E-state index in [1.165, 1.54) is 18.8 Å². The van der Waals surface area contributed by atoms with E-state index in [-0.39, 0.29) is 16.9 Å². The van der Waals surface area contributed by atoms with Crippen molar-refractivity contribution in [2.24, 2.45) is 4.99 Å². The molecule has 0 spiro atoms. The second-order valence-corrected chi connectivity index (χ2v) is 10.8. The summed E-state index contributed by atoms with van der Waals surface area (Å²) in [6.07, 6.45) is 1.61. The summed E-state index contributed by atoms with van der Waals surface area (Å²) < 4.78 is 13.7. The molecule has 0 unspecified atom stereocenters. The number of halogens is 3. The van der Waals surface area contributed by atoms with Gasteiger partial charge in [-0.25, -0.2) is 9.79 Å². The van der Waals surface area contributed by atoms with Gasteiger partial charge in [0.05, 0.1) is 33.6 Å². The number of allylic oxidation sites excluding steroid dienone is 1. The zero-order chi connectivity index (χ0) is 24.7. The van der Waals surface area contributed by atoms with Gasteiger partial charge in [-0.1, -0.05) is 38.9 Å². The molecule has 176 valence electrons. The lowest BCUT2D eigenvalue weighted by molar-refractivity contribution is -0.136. The van der Waals surface area contributed by atoms with Crippen LogP contribution >= 0.6 is 61.5 Å². The second kappa shape index (κ2) is 9.84. The average Bonchev–Trinajstić information content (AvgIpc) is 3.10. The van der Waals surface area contributed by atoms with Crippen molar-refractivity contribution in [1.29, 1.82) is 0 Å². The highest BCUT2D eigenvalue weighted by atomic mass is 127. The van der Waals surface area contributed by atoms with Crippen LogP contribution in [-0.4, -0.2) is 29.9 Å². The van der Waals surface area contributed by atoms with Crippen molar-refractivity contribution >= 4 is 73.5 Å². The first kappa shape index (κ1) is 25.0. The number of methoxy groups -OCH3 is 2. The van der Waals surface area contributed by atoms with Gasteiger partial charge >= 0.3 is 5.97 Å². The summed E-state index contributed by atoms with van der Waals surface area (Å²) in [4.78, 5) is 31.4. The molecular weight excluding hydrogens is 659 g/mol. The first-order valence-corrected chi connectivity index (χ1v) is 12.8. The number of thiazole rings is 1. The fourth-order valence-corrected chi connectivity index (χ4v) is 6.51. The molecule has 2 aromatic carbocycles. The molecule has 1 aromatic heterocycles. The Hall–Kier alpha value is -2.15. The standard InChI is InChI=1S/C23H17BrClIN2O5S/c1-10-18(22(31)33-3)19(14-9-13(25)4-5-16(14)32-2)28-21(30)17(34-23(28)27-10)7-11-6-12(24)8-15(26)20(11)29/h4-9,19,29H,1-3H3/b17-7-/t19-/m0/s1. The van der Waals surface area contributed by atoms with Crippen LogP contribution in [0.5, 0.6) is 11.5 Å². The van der Waals surface area contributed by atoms with Gasteiger partial charge in [0, 0.05) is 20.6 Å². The summed E-state index contributed by atoms with van der Waals surface area (Å²) in [6.45, 7) is 1.69. The van der Waals surface area contributed by atoms with Crippen LogP contribution in [0.3, 0.4) is 0 Å². The summed E-state index contributed by atoms with van der Waals surface area (Å²) in [7, 11) is 2.78. The zero-order valence-corrected chi connectivity index (χ0v) is 23.4. The van der Waals surface area contributed by atoms with Crippen molar-refractivity contribution in [3.05, 3.63) is 85.5 Å². The molecule has 11 heteroatoms. The van der Waals surface area contributed by atoms with E-state index in [9.17, 15) is 14.7 Å². The second-order valence-electron chi connectivity index (χ2n) is 7.29. The van der Waals surface area contributed by atoms with Crippen LogP contribution in [0.15, 0.2) is 55.9 Å². The van der Waals surface area contributed by atoms with Gasteiger partial charge in [-0.05, 0) is 65.9 Å². The van der Waals surface area contributed by atoms with Crippen LogP contribution in [0.2, 0.25) is 5.02 Å².